The van der Waals surface area contributed by atoms with Crippen LogP contribution in [0.25, 0.3) is 0 Å². The van der Waals surface area contributed by atoms with Crippen LogP contribution in [0.1, 0.15) is 19.3 Å². The minimum Gasteiger partial charge on any atom is -0.383 e. The Morgan fingerprint density at radius 3 is 2.78 bits per heavy atom. The van der Waals surface area contributed by atoms with Crippen LogP contribution in [0.5, 0.6) is 0 Å². The highest BCUT2D eigenvalue weighted by molar-refractivity contribution is 7.99. The number of ether oxygens (including phenoxy) is 1. The third-order valence-electron chi connectivity index (χ3n) is 3.85. The Kier molecular flexibility index (Phi) is 5.79. The van der Waals surface area contributed by atoms with Crippen LogP contribution in [0, 0.1) is 5.92 Å². The molecule has 1 unspecified atom stereocenters. The summed E-state index contributed by atoms with van der Waals surface area (Å²) in [6.45, 7) is 3.37. The van der Waals surface area contributed by atoms with Crippen molar-refractivity contribution in [1.82, 2.24) is 10.2 Å². The zero-order valence-electron chi connectivity index (χ0n) is 11.2. The Hall–Kier alpha value is -0.260. The maximum Gasteiger partial charge on any atom is 0.226 e. The molecule has 18 heavy (non-hydrogen) atoms. The summed E-state index contributed by atoms with van der Waals surface area (Å²) in [4.78, 5) is 14.7. The lowest BCUT2D eigenvalue weighted by molar-refractivity contribution is -0.139. The van der Waals surface area contributed by atoms with E-state index in [2.05, 4.69) is 10.2 Å². The van der Waals surface area contributed by atoms with Gasteiger partial charge in [-0.1, -0.05) is 0 Å². The number of carbonyl (C=O) groups is 1. The van der Waals surface area contributed by atoms with Crippen molar-refractivity contribution in [3.8, 4) is 0 Å². The average molecular weight is 272 g/mol. The molecule has 0 aromatic heterocycles. The van der Waals surface area contributed by atoms with Crippen molar-refractivity contribution >= 4 is 17.7 Å². The zero-order valence-corrected chi connectivity index (χ0v) is 12.0. The number of amides is 1. The number of rotatable bonds is 5. The predicted octanol–water partition coefficient (Wildman–Crippen LogP) is 0.966. The topological polar surface area (TPSA) is 41.6 Å². The summed E-state index contributed by atoms with van der Waals surface area (Å²) in [5.41, 5.74) is 0. The van der Waals surface area contributed by atoms with Gasteiger partial charge in [-0.2, -0.15) is 11.8 Å². The number of piperidine rings is 1. The first-order valence-corrected chi connectivity index (χ1v) is 8.06. The Morgan fingerprint density at radius 1 is 1.39 bits per heavy atom. The highest BCUT2D eigenvalue weighted by atomic mass is 32.2. The van der Waals surface area contributed by atoms with Gasteiger partial charge in [0.25, 0.3) is 0 Å². The molecule has 104 valence electrons. The molecule has 2 fully saturated rings. The van der Waals surface area contributed by atoms with Crippen molar-refractivity contribution in [1.29, 1.82) is 0 Å². The molecule has 0 bridgehead atoms. The second-order valence-corrected chi connectivity index (χ2v) is 6.22. The number of hydrogen-bond acceptors (Lipinski definition) is 4. The molecule has 1 atom stereocenters. The molecular formula is C13H24N2O2S. The van der Waals surface area contributed by atoms with E-state index in [0.29, 0.717) is 18.6 Å². The first kappa shape index (κ1) is 14.2. The molecule has 1 N–H and O–H groups in total. The van der Waals surface area contributed by atoms with Crippen LogP contribution < -0.4 is 5.32 Å². The zero-order chi connectivity index (χ0) is 12.8. The number of hydrogen-bond donors (Lipinski definition) is 1. The molecule has 1 amide bonds. The van der Waals surface area contributed by atoms with Gasteiger partial charge in [-0.05, 0) is 38.1 Å². The first-order valence-electron chi connectivity index (χ1n) is 6.91. The Bertz CT molecular complexity index is 264. The monoisotopic (exact) mass is 272 g/mol. The van der Waals surface area contributed by atoms with Crippen LogP contribution in [-0.2, 0) is 9.53 Å². The van der Waals surface area contributed by atoms with Crippen molar-refractivity contribution in [3.63, 3.8) is 0 Å². The molecule has 5 heteroatoms. The van der Waals surface area contributed by atoms with E-state index in [4.69, 9.17) is 4.74 Å². The van der Waals surface area contributed by atoms with Gasteiger partial charge in [0.05, 0.1) is 6.61 Å². The second kappa shape index (κ2) is 7.36. The Morgan fingerprint density at radius 2 is 2.17 bits per heavy atom. The molecule has 2 heterocycles. The lowest BCUT2D eigenvalue weighted by Gasteiger charge is -2.33. The van der Waals surface area contributed by atoms with Crippen LogP contribution in [-0.4, -0.2) is 61.7 Å². The summed E-state index contributed by atoms with van der Waals surface area (Å²) in [5.74, 6) is 2.88. The Labute approximate surface area is 114 Å². The number of nitrogens with zero attached hydrogens (tertiary/aromatic N) is 1. The highest BCUT2D eigenvalue weighted by Crippen LogP contribution is 2.25. The molecule has 2 rings (SSSR count). The third-order valence-corrected chi connectivity index (χ3v) is 5.00. The van der Waals surface area contributed by atoms with Crippen molar-refractivity contribution in [3.05, 3.63) is 0 Å². The fourth-order valence-corrected chi connectivity index (χ4v) is 3.96. The molecule has 2 aliphatic heterocycles. The average Bonchev–Trinajstić information content (AvgIpc) is 2.94. The van der Waals surface area contributed by atoms with Gasteiger partial charge in [-0.3, -0.25) is 4.79 Å². The highest BCUT2D eigenvalue weighted by Gasteiger charge is 2.31. The van der Waals surface area contributed by atoms with Crippen molar-refractivity contribution in [2.24, 2.45) is 5.92 Å². The number of methoxy groups -OCH3 is 1. The van der Waals surface area contributed by atoms with Gasteiger partial charge in [0.2, 0.25) is 5.91 Å². The minimum absolute atomic E-state index is 0.230. The summed E-state index contributed by atoms with van der Waals surface area (Å²) in [7, 11) is 1.70. The maximum atomic E-state index is 12.6. The fourth-order valence-electron chi connectivity index (χ4n) is 2.73. The van der Waals surface area contributed by atoms with E-state index in [-0.39, 0.29) is 5.92 Å². The lowest BCUT2D eigenvalue weighted by Crippen LogP contribution is -2.47. The summed E-state index contributed by atoms with van der Waals surface area (Å²) in [6.07, 6.45) is 3.12. The molecule has 0 aliphatic carbocycles. The van der Waals surface area contributed by atoms with E-state index in [0.717, 1.165) is 44.6 Å². The molecular weight excluding hydrogens is 248 g/mol. The molecule has 0 spiro atoms. The summed E-state index contributed by atoms with van der Waals surface area (Å²) in [5, 5.41) is 3.32. The van der Waals surface area contributed by atoms with E-state index >= 15 is 0 Å². The van der Waals surface area contributed by atoms with Gasteiger partial charge < -0.3 is 15.0 Å². The van der Waals surface area contributed by atoms with E-state index in [1.807, 2.05) is 11.8 Å². The van der Waals surface area contributed by atoms with Gasteiger partial charge in [0.1, 0.15) is 0 Å². The van der Waals surface area contributed by atoms with Gasteiger partial charge in [-0.15, -0.1) is 0 Å². The lowest BCUT2D eigenvalue weighted by atomic mass is 9.95. The van der Waals surface area contributed by atoms with Crippen LogP contribution in [0.15, 0.2) is 0 Å². The molecule has 0 aromatic carbocycles. The van der Waals surface area contributed by atoms with Crippen molar-refractivity contribution in [2.75, 3.05) is 44.9 Å². The van der Waals surface area contributed by atoms with Crippen molar-refractivity contribution in [2.45, 2.75) is 25.3 Å². The third kappa shape index (κ3) is 3.62. The number of thioether (sulfide) groups is 1. The first-order chi connectivity index (χ1) is 8.83. The molecule has 0 saturated carbocycles. The maximum absolute atomic E-state index is 12.6. The Balaban J connectivity index is 1.94. The normalized spacial score (nSPS) is 25.3. The molecule has 0 radical (unpaired) electrons. The molecule has 2 aliphatic rings. The van der Waals surface area contributed by atoms with Crippen LogP contribution in [0.2, 0.25) is 0 Å². The fraction of sp³-hybridized carbons (Fsp3) is 0.923. The van der Waals surface area contributed by atoms with E-state index in [9.17, 15) is 4.79 Å². The van der Waals surface area contributed by atoms with E-state index < -0.39 is 0 Å². The smallest absolute Gasteiger partial charge is 0.226 e. The largest absolute Gasteiger partial charge is 0.383 e. The standard InChI is InChI=1S/C13H24N2O2S/c1-17-8-7-15(12-4-9-18-10-12)13(16)11-2-5-14-6-3-11/h11-12,14H,2-10H2,1H3. The predicted molar refractivity (Wildman–Crippen MR) is 74.9 cm³/mol. The van der Waals surface area contributed by atoms with E-state index in [1.54, 1.807) is 7.11 Å². The van der Waals surface area contributed by atoms with Gasteiger partial charge in [0, 0.05) is 31.4 Å². The number of nitrogens with one attached hydrogen (secondary N) is 1. The van der Waals surface area contributed by atoms with Crippen LogP contribution >= 0.6 is 11.8 Å². The van der Waals surface area contributed by atoms with Crippen LogP contribution in [0.4, 0.5) is 0 Å². The molecule has 0 aromatic rings. The summed E-state index contributed by atoms with van der Waals surface area (Å²) in [6, 6.07) is 0.438. The van der Waals surface area contributed by atoms with Gasteiger partial charge >= 0.3 is 0 Å². The van der Waals surface area contributed by atoms with Crippen LogP contribution in [0.3, 0.4) is 0 Å². The van der Waals surface area contributed by atoms with Gasteiger partial charge in [-0.25, -0.2) is 0 Å². The minimum atomic E-state index is 0.230. The summed E-state index contributed by atoms with van der Waals surface area (Å²) >= 11 is 1.96. The van der Waals surface area contributed by atoms with Gasteiger partial charge in [0.15, 0.2) is 0 Å². The van der Waals surface area contributed by atoms with Crippen molar-refractivity contribution < 1.29 is 9.53 Å². The SMILES string of the molecule is COCCN(C(=O)C1CCNCC1)C1CCSC1. The summed E-state index contributed by atoms with van der Waals surface area (Å²) < 4.78 is 5.16. The molecule has 4 nitrogen and oxygen atoms in total. The second-order valence-electron chi connectivity index (χ2n) is 5.07. The number of carbonyl (C=O) groups excluding carboxylic acids is 1. The molecule has 2 saturated heterocycles. The van der Waals surface area contributed by atoms with E-state index in [1.165, 1.54) is 5.75 Å². The quantitative estimate of drug-likeness (QED) is 0.809.